The third-order valence-corrected chi connectivity index (χ3v) is 5.80. The molecule has 0 radical (unpaired) electrons. The Bertz CT molecular complexity index is 955. The van der Waals surface area contributed by atoms with E-state index >= 15 is 0 Å². The van der Waals surface area contributed by atoms with E-state index in [2.05, 4.69) is 20.8 Å². The molecular formula is C25H30O6. The Kier molecular flexibility index (Phi) is 6.88. The first-order chi connectivity index (χ1) is 14.7. The van der Waals surface area contributed by atoms with Gasteiger partial charge in [0.05, 0.1) is 5.56 Å². The summed E-state index contributed by atoms with van der Waals surface area (Å²) < 4.78 is 5.82. The molecule has 2 aromatic rings. The van der Waals surface area contributed by atoms with Crippen LogP contribution in [0.2, 0.25) is 0 Å². The normalized spacial score (nSPS) is 16.8. The van der Waals surface area contributed by atoms with E-state index in [9.17, 15) is 24.9 Å². The first-order valence-electron chi connectivity index (χ1n) is 10.8. The second kappa shape index (κ2) is 9.41. The summed E-state index contributed by atoms with van der Waals surface area (Å²) in [4.78, 5) is 25.1. The molecule has 0 bridgehead atoms. The molecule has 31 heavy (non-hydrogen) atoms. The number of benzene rings is 2. The van der Waals surface area contributed by atoms with E-state index in [4.69, 9.17) is 4.74 Å². The summed E-state index contributed by atoms with van der Waals surface area (Å²) in [5.74, 6) is -1.72. The van der Waals surface area contributed by atoms with Crippen LogP contribution in [0, 0.1) is 11.8 Å². The first-order valence-corrected chi connectivity index (χ1v) is 10.8. The molecule has 0 saturated heterocycles. The summed E-state index contributed by atoms with van der Waals surface area (Å²) in [5.41, 5.74) is 1.33. The zero-order chi connectivity index (χ0) is 22.7. The Morgan fingerprint density at radius 3 is 2.26 bits per heavy atom. The molecular weight excluding hydrogens is 396 g/mol. The molecule has 0 aromatic heterocycles. The van der Waals surface area contributed by atoms with Crippen LogP contribution >= 0.6 is 0 Å². The van der Waals surface area contributed by atoms with Gasteiger partial charge in [0.25, 0.3) is 0 Å². The second-order valence-corrected chi connectivity index (χ2v) is 8.90. The predicted octanol–water partition coefficient (Wildman–Crippen LogP) is 5.08. The van der Waals surface area contributed by atoms with Crippen molar-refractivity contribution in [2.24, 2.45) is 11.8 Å². The van der Waals surface area contributed by atoms with E-state index in [1.54, 1.807) is 12.1 Å². The van der Waals surface area contributed by atoms with Gasteiger partial charge in [0.1, 0.15) is 5.75 Å². The van der Waals surface area contributed by atoms with Crippen molar-refractivity contribution in [1.29, 1.82) is 0 Å². The lowest BCUT2D eigenvalue weighted by Crippen LogP contribution is -2.31. The van der Waals surface area contributed by atoms with Crippen molar-refractivity contribution >= 4 is 11.6 Å². The lowest BCUT2D eigenvalue weighted by molar-refractivity contribution is -0.122. The first kappa shape index (κ1) is 22.7. The Balaban J connectivity index is 1.74. The average Bonchev–Trinajstić information content (AvgIpc) is 2.72. The third-order valence-electron chi connectivity index (χ3n) is 5.80. The second-order valence-electron chi connectivity index (χ2n) is 8.90. The van der Waals surface area contributed by atoms with Crippen molar-refractivity contribution in [2.45, 2.75) is 59.0 Å². The van der Waals surface area contributed by atoms with Gasteiger partial charge < -0.3 is 20.1 Å². The maximum absolute atomic E-state index is 12.6. The highest BCUT2D eigenvalue weighted by atomic mass is 16.5. The van der Waals surface area contributed by atoms with Gasteiger partial charge in [0.2, 0.25) is 11.6 Å². The van der Waals surface area contributed by atoms with E-state index in [-0.39, 0.29) is 11.1 Å². The van der Waals surface area contributed by atoms with Crippen molar-refractivity contribution in [3.05, 3.63) is 47.0 Å². The molecule has 1 heterocycles. The molecule has 0 spiro atoms. The summed E-state index contributed by atoms with van der Waals surface area (Å²) in [6.45, 7) is 6.72. The molecule has 166 valence electrons. The number of phenolic OH excluding ortho intramolecular Hbond substituents is 3. The van der Waals surface area contributed by atoms with Crippen molar-refractivity contribution in [1.82, 2.24) is 0 Å². The van der Waals surface area contributed by atoms with Crippen LogP contribution in [0.15, 0.2) is 30.3 Å². The number of fused-ring (bicyclic) bond motifs is 1. The number of phenols is 3. The highest BCUT2D eigenvalue weighted by molar-refractivity contribution is 6.46. The predicted molar refractivity (Wildman–Crippen MR) is 117 cm³/mol. The number of carbonyl (C=O) groups is 2. The monoisotopic (exact) mass is 426 g/mol. The number of aromatic hydroxyl groups is 3. The molecule has 6 nitrogen and oxygen atoms in total. The maximum Gasteiger partial charge on any atom is 0.248 e. The van der Waals surface area contributed by atoms with Crippen LogP contribution < -0.4 is 4.74 Å². The van der Waals surface area contributed by atoms with Gasteiger partial charge in [0.15, 0.2) is 23.4 Å². The lowest BCUT2D eigenvalue weighted by Gasteiger charge is -2.25. The fourth-order valence-electron chi connectivity index (χ4n) is 3.87. The van der Waals surface area contributed by atoms with E-state index in [0.717, 1.165) is 36.5 Å². The number of carbonyl (C=O) groups excluding carboxylic acids is 2. The molecule has 1 aliphatic rings. The van der Waals surface area contributed by atoms with Gasteiger partial charge in [-0.3, -0.25) is 9.59 Å². The van der Waals surface area contributed by atoms with Crippen molar-refractivity contribution in [3.63, 3.8) is 0 Å². The van der Waals surface area contributed by atoms with E-state index < -0.39 is 34.9 Å². The van der Waals surface area contributed by atoms with Crippen molar-refractivity contribution < 1.29 is 29.6 Å². The van der Waals surface area contributed by atoms with Crippen LogP contribution in [-0.4, -0.2) is 26.9 Å². The van der Waals surface area contributed by atoms with Gasteiger partial charge in [-0.25, -0.2) is 0 Å². The molecule has 2 aromatic carbocycles. The summed E-state index contributed by atoms with van der Waals surface area (Å²) in [6.07, 6.45) is 4.21. The van der Waals surface area contributed by atoms with Gasteiger partial charge in [0, 0.05) is 5.56 Å². The molecule has 0 aliphatic carbocycles. The standard InChI is InChI=1S/C25H30O6/c1-14(2)5-4-6-15(3)7-8-16-9-10-18-21(11-16)31-25(24(30)22(18)28)17-12-19(26)23(29)20(27)13-17/h9-15,25-27,29H,4-8H2,1-3H3. The summed E-state index contributed by atoms with van der Waals surface area (Å²) >= 11 is 0. The summed E-state index contributed by atoms with van der Waals surface area (Å²) in [6, 6.07) is 7.48. The fraction of sp³-hybridized carbons (Fsp3) is 0.440. The largest absolute Gasteiger partial charge is 0.504 e. The minimum atomic E-state index is -1.29. The number of Topliss-reactive ketones (excluding diaryl/α,β-unsaturated/α-hetero) is 2. The molecule has 0 amide bonds. The number of hydrogen-bond donors (Lipinski definition) is 3. The molecule has 2 unspecified atom stereocenters. The highest BCUT2D eigenvalue weighted by Gasteiger charge is 2.37. The number of ether oxygens (including phenoxy) is 1. The molecule has 0 fully saturated rings. The van der Waals surface area contributed by atoms with Crippen LogP contribution in [0.3, 0.4) is 0 Å². The van der Waals surface area contributed by atoms with Crippen LogP contribution in [0.5, 0.6) is 23.0 Å². The van der Waals surface area contributed by atoms with Crippen LogP contribution in [0.4, 0.5) is 0 Å². The molecule has 0 saturated carbocycles. The van der Waals surface area contributed by atoms with Gasteiger partial charge in [-0.2, -0.15) is 0 Å². The van der Waals surface area contributed by atoms with Gasteiger partial charge in [-0.05, 0) is 54.5 Å². The Morgan fingerprint density at radius 2 is 1.61 bits per heavy atom. The molecule has 6 heteroatoms. The Hall–Kier alpha value is -3.02. The number of hydrogen-bond acceptors (Lipinski definition) is 6. The number of aryl methyl sites for hydroxylation is 1. The third kappa shape index (κ3) is 5.19. The molecule has 1 aliphatic heterocycles. The summed E-state index contributed by atoms with van der Waals surface area (Å²) in [5, 5.41) is 29.0. The number of ketones is 2. The lowest BCUT2D eigenvalue weighted by atomic mass is 9.91. The quantitative estimate of drug-likeness (QED) is 0.401. The van der Waals surface area contributed by atoms with Gasteiger partial charge in [-0.1, -0.05) is 46.1 Å². The molecule has 2 atom stereocenters. The molecule has 3 N–H and O–H groups in total. The SMILES string of the molecule is CC(C)CCCC(C)CCc1ccc2c(c1)OC(c1cc(O)c(O)c(O)c1)C(=O)C2=O. The van der Waals surface area contributed by atoms with Crippen molar-refractivity contribution in [3.8, 4) is 23.0 Å². The smallest absolute Gasteiger partial charge is 0.248 e. The van der Waals surface area contributed by atoms with E-state index in [1.807, 2.05) is 6.07 Å². The topological polar surface area (TPSA) is 104 Å². The van der Waals surface area contributed by atoms with Crippen molar-refractivity contribution in [2.75, 3.05) is 0 Å². The van der Waals surface area contributed by atoms with Gasteiger partial charge >= 0.3 is 0 Å². The maximum atomic E-state index is 12.6. The average molecular weight is 427 g/mol. The minimum absolute atomic E-state index is 0.0981. The Labute approximate surface area is 182 Å². The zero-order valence-electron chi connectivity index (χ0n) is 18.2. The highest BCUT2D eigenvalue weighted by Crippen LogP contribution is 2.40. The molecule has 3 rings (SSSR count). The number of rotatable bonds is 8. The summed E-state index contributed by atoms with van der Waals surface area (Å²) in [7, 11) is 0. The van der Waals surface area contributed by atoms with Gasteiger partial charge in [-0.15, -0.1) is 0 Å². The van der Waals surface area contributed by atoms with Crippen LogP contribution in [0.25, 0.3) is 0 Å². The van der Waals surface area contributed by atoms with Crippen LogP contribution in [-0.2, 0) is 11.2 Å². The van der Waals surface area contributed by atoms with E-state index in [1.165, 1.54) is 19.3 Å². The fourth-order valence-corrected chi connectivity index (χ4v) is 3.87. The van der Waals surface area contributed by atoms with Crippen LogP contribution in [0.1, 0.15) is 74.0 Å². The minimum Gasteiger partial charge on any atom is -0.504 e. The van der Waals surface area contributed by atoms with E-state index in [0.29, 0.717) is 11.7 Å². The Morgan fingerprint density at radius 1 is 0.935 bits per heavy atom. The zero-order valence-corrected chi connectivity index (χ0v) is 18.2.